The molecule has 0 radical (unpaired) electrons. The van der Waals surface area contributed by atoms with Gasteiger partial charge >= 0.3 is 0 Å². The fraction of sp³-hybridized carbons (Fsp3) is 0.333. The summed E-state index contributed by atoms with van der Waals surface area (Å²) in [6, 6.07) is 3.31. The highest BCUT2D eigenvalue weighted by Gasteiger charge is 2.15. The third kappa shape index (κ3) is 2.91. The van der Waals surface area contributed by atoms with Gasteiger partial charge in [0, 0.05) is 12.1 Å². The third-order valence-electron chi connectivity index (χ3n) is 2.43. The molecule has 1 N–H and O–H groups in total. The largest absolute Gasteiger partial charge is 0.493 e. The summed E-state index contributed by atoms with van der Waals surface area (Å²) in [5.74, 6) is 1.92. The normalized spacial score (nSPS) is 10.2. The lowest BCUT2D eigenvalue weighted by atomic mass is 10.2. The third-order valence-corrected chi connectivity index (χ3v) is 3.21. The Hall–Kier alpha value is -2.06. The van der Waals surface area contributed by atoms with Crippen molar-refractivity contribution in [1.29, 1.82) is 0 Å². The van der Waals surface area contributed by atoms with Crippen LogP contribution >= 0.6 is 11.3 Å². The number of aliphatic hydroxyl groups excluding tert-OH is 1. The zero-order chi connectivity index (χ0) is 14.5. The van der Waals surface area contributed by atoms with Crippen LogP contribution in [0.4, 0.5) is 0 Å². The number of ether oxygens (including phenoxy) is 4. The molecule has 8 heteroatoms. The van der Waals surface area contributed by atoms with Crippen molar-refractivity contribution in [2.45, 2.75) is 6.61 Å². The molecule has 2 rings (SSSR count). The van der Waals surface area contributed by atoms with E-state index < -0.39 is 0 Å². The lowest BCUT2D eigenvalue weighted by molar-refractivity contribution is 0.280. The average Bonchev–Trinajstić information content (AvgIpc) is 2.93. The second-order valence-corrected chi connectivity index (χ2v) is 4.61. The topological polar surface area (TPSA) is 82.9 Å². The van der Waals surface area contributed by atoms with Crippen molar-refractivity contribution < 1.29 is 24.1 Å². The van der Waals surface area contributed by atoms with Gasteiger partial charge in [0.1, 0.15) is 10.8 Å². The zero-order valence-corrected chi connectivity index (χ0v) is 12.1. The maximum Gasteiger partial charge on any atom is 0.299 e. The monoisotopic (exact) mass is 298 g/mol. The molecule has 2 aromatic rings. The number of aliphatic hydroxyl groups is 1. The molecule has 7 nitrogen and oxygen atoms in total. The molecule has 108 valence electrons. The van der Waals surface area contributed by atoms with Crippen LogP contribution in [0, 0.1) is 0 Å². The minimum Gasteiger partial charge on any atom is -0.493 e. The van der Waals surface area contributed by atoms with Gasteiger partial charge in [-0.1, -0.05) is 16.4 Å². The SMILES string of the molecule is COc1cc(Oc2nnc(CO)s2)cc(OC)c1OC. The Morgan fingerprint density at radius 1 is 1.05 bits per heavy atom. The number of methoxy groups -OCH3 is 3. The van der Waals surface area contributed by atoms with Gasteiger partial charge in [0.15, 0.2) is 11.5 Å². The highest BCUT2D eigenvalue weighted by Crippen LogP contribution is 2.42. The summed E-state index contributed by atoms with van der Waals surface area (Å²) < 4.78 is 21.2. The molecule has 1 heterocycles. The van der Waals surface area contributed by atoms with E-state index in [4.69, 9.17) is 24.1 Å². The van der Waals surface area contributed by atoms with Gasteiger partial charge in [-0.15, -0.1) is 5.10 Å². The molecule has 0 aliphatic carbocycles. The molecule has 0 atom stereocenters. The number of rotatable bonds is 6. The van der Waals surface area contributed by atoms with Crippen molar-refractivity contribution >= 4 is 11.3 Å². The van der Waals surface area contributed by atoms with Gasteiger partial charge in [-0.05, 0) is 0 Å². The van der Waals surface area contributed by atoms with Crippen LogP contribution in [0.1, 0.15) is 5.01 Å². The van der Waals surface area contributed by atoms with Gasteiger partial charge in [-0.25, -0.2) is 0 Å². The van der Waals surface area contributed by atoms with Crippen molar-refractivity contribution in [1.82, 2.24) is 10.2 Å². The first-order chi connectivity index (χ1) is 9.71. The first kappa shape index (κ1) is 14.4. The Balaban J connectivity index is 2.31. The maximum absolute atomic E-state index is 8.95. The Bertz CT molecular complexity index is 562. The molecule has 1 aromatic carbocycles. The number of hydrogen-bond donors (Lipinski definition) is 1. The first-order valence-electron chi connectivity index (χ1n) is 5.63. The van der Waals surface area contributed by atoms with Gasteiger partial charge in [-0.3, -0.25) is 0 Å². The number of aromatic nitrogens is 2. The molecule has 0 aliphatic heterocycles. The molecule has 0 unspecified atom stereocenters. The smallest absolute Gasteiger partial charge is 0.299 e. The van der Waals surface area contributed by atoms with E-state index in [1.54, 1.807) is 12.1 Å². The Morgan fingerprint density at radius 2 is 1.70 bits per heavy atom. The average molecular weight is 298 g/mol. The Morgan fingerprint density at radius 3 is 2.15 bits per heavy atom. The molecule has 0 bridgehead atoms. The number of hydrogen-bond acceptors (Lipinski definition) is 8. The van der Waals surface area contributed by atoms with Crippen molar-refractivity contribution in [2.24, 2.45) is 0 Å². The van der Waals surface area contributed by atoms with Crippen LogP contribution in [0.3, 0.4) is 0 Å². The van der Waals surface area contributed by atoms with Crippen LogP contribution in [-0.2, 0) is 6.61 Å². The summed E-state index contributed by atoms with van der Waals surface area (Å²) in [5.41, 5.74) is 0. The fourth-order valence-electron chi connectivity index (χ4n) is 1.56. The molecule has 0 spiro atoms. The maximum atomic E-state index is 8.95. The lowest BCUT2D eigenvalue weighted by Gasteiger charge is -2.13. The molecular weight excluding hydrogens is 284 g/mol. The highest BCUT2D eigenvalue weighted by molar-refractivity contribution is 7.13. The van der Waals surface area contributed by atoms with E-state index in [9.17, 15) is 0 Å². The van der Waals surface area contributed by atoms with Gasteiger partial charge in [0.05, 0.1) is 27.9 Å². The van der Waals surface area contributed by atoms with Crippen molar-refractivity contribution in [2.75, 3.05) is 21.3 Å². The summed E-state index contributed by atoms with van der Waals surface area (Å²) >= 11 is 1.16. The van der Waals surface area contributed by atoms with Crippen molar-refractivity contribution in [3.05, 3.63) is 17.1 Å². The van der Waals surface area contributed by atoms with Gasteiger partial charge in [-0.2, -0.15) is 0 Å². The zero-order valence-electron chi connectivity index (χ0n) is 11.2. The van der Waals surface area contributed by atoms with E-state index in [-0.39, 0.29) is 6.61 Å². The second kappa shape index (κ2) is 6.40. The predicted molar refractivity (Wildman–Crippen MR) is 72.0 cm³/mol. The molecule has 20 heavy (non-hydrogen) atoms. The van der Waals surface area contributed by atoms with E-state index in [1.807, 2.05) is 0 Å². The quantitative estimate of drug-likeness (QED) is 0.871. The summed E-state index contributed by atoms with van der Waals surface area (Å²) in [6.07, 6.45) is 0. The molecule has 0 amide bonds. The summed E-state index contributed by atoms with van der Waals surface area (Å²) in [5, 5.41) is 17.3. The van der Waals surface area contributed by atoms with Gasteiger partial charge < -0.3 is 24.1 Å². The van der Waals surface area contributed by atoms with Crippen LogP contribution in [0.15, 0.2) is 12.1 Å². The highest BCUT2D eigenvalue weighted by atomic mass is 32.1. The van der Waals surface area contributed by atoms with E-state index in [0.29, 0.717) is 33.2 Å². The van der Waals surface area contributed by atoms with E-state index in [1.165, 1.54) is 21.3 Å². The number of nitrogens with zero attached hydrogens (tertiary/aromatic N) is 2. The van der Waals surface area contributed by atoms with Gasteiger partial charge in [0.2, 0.25) is 5.75 Å². The second-order valence-electron chi connectivity index (χ2n) is 3.58. The van der Waals surface area contributed by atoms with Crippen LogP contribution in [0.25, 0.3) is 0 Å². The van der Waals surface area contributed by atoms with Crippen LogP contribution in [-0.4, -0.2) is 36.6 Å². The predicted octanol–water partition coefficient (Wildman–Crippen LogP) is 1.85. The summed E-state index contributed by atoms with van der Waals surface area (Å²) in [7, 11) is 4.57. The molecular formula is C12H14N2O5S. The first-order valence-corrected chi connectivity index (χ1v) is 6.44. The van der Waals surface area contributed by atoms with Crippen LogP contribution in [0.5, 0.6) is 28.2 Å². The van der Waals surface area contributed by atoms with E-state index in [2.05, 4.69) is 10.2 Å². The summed E-state index contributed by atoms with van der Waals surface area (Å²) in [4.78, 5) is 0. The van der Waals surface area contributed by atoms with Crippen LogP contribution in [0.2, 0.25) is 0 Å². The molecule has 0 fully saturated rings. The van der Waals surface area contributed by atoms with E-state index >= 15 is 0 Å². The molecule has 0 aliphatic rings. The fourth-order valence-corrected chi connectivity index (χ4v) is 2.13. The van der Waals surface area contributed by atoms with Gasteiger partial charge in [0.25, 0.3) is 5.19 Å². The standard InChI is InChI=1S/C12H14N2O5S/c1-16-8-4-7(5-9(17-2)11(8)18-3)19-12-14-13-10(6-15)20-12/h4-5,15H,6H2,1-3H3. The van der Waals surface area contributed by atoms with Crippen LogP contribution < -0.4 is 18.9 Å². The lowest BCUT2D eigenvalue weighted by Crippen LogP contribution is -1.96. The van der Waals surface area contributed by atoms with E-state index in [0.717, 1.165) is 11.3 Å². The minimum absolute atomic E-state index is 0.170. The minimum atomic E-state index is -0.170. The summed E-state index contributed by atoms with van der Waals surface area (Å²) in [6.45, 7) is -0.170. The Labute approximate surface area is 119 Å². The molecule has 0 saturated carbocycles. The Kier molecular flexibility index (Phi) is 4.59. The molecule has 1 aromatic heterocycles. The molecule has 0 saturated heterocycles. The number of benzene rings is 1. The van der Waals surface area contributed by atoms with Crippen molar-refractivity contribution in [3.63, 3.8) is 0 Å². The van der Waals surface area contributed by atoms with Crippen molar-refractivity contribution in [3.8, 4) is 28.2 Å².